The second-order valence-electron chi connectivity index (χ2n) is 6.34. The lowest BCUT2D eigenvalue weighted by Crippen LogP contribution is -2.57. The molecule has 3 rings (SSSR count). The SMILES string of the molecule is CSN1C(=O)C(OC(=O)CC2CCOC(=O)CC2)C1c1ccccc1Cl. The van der Waals surface area contributed by atoms with Gasteiger partial charge in [-0.1, -0.05) is 41.7 Å². The van der Waals surface area contributed by atoms with Gasteiger partial charge in [0.1, 0.15) is 6.04 Å². The van der Waals surface area contributed by atoms with E-state index in [1.165, 1.54) is 11.9 Å². The highest BCUT2D eigenvalue weighted by Gasteiger charge is 2.51. The number of esters is 2. The molecule has 2 aliphatic rings. The molecule has 3 unspecified atom stereocenters. The Labute approximate surface area is 161 Å². The molecule has 0 radical (unpaired) electrons. The number of nitrogens with zero attached hydrogens (tertiary/aromatic N) is 1. The molecule has 140 valence electrons. The second-order valence-corrected chi connectivity index (χ2v) is 7.51. The Kier molecular flexibility index (Phi) is 6.09. The number of ether oxygens (including phenoxy) is 2. The third kappa shape index (κ3) is 3.99. The first-order chi connectivity index (χ1) is 12.5. The van der Waals surface area contributed by atoms with E-state index in [1.807, 2.05) is 18.2 Å². The summed E-state index contributed by atoms with van der Waals surface area (Å²) < 4.78 is 12.1. The van der Waals surface area contributed by atoms with Crippen molar-refractivity contribution in [2.75, 3.05) is 12.9 Å². The minimum Gasteiger partial charge on any atom is -0.466 e. The molecule has 3 atom stereocenters. The lowest BCUT2D eigenvalue weighted by atomic mass is 9.93. The molecule has 8 heteroatoms. The van der Waals surface area contributed by atoms with E-state index >= 15 is 0 Å². The summed E-state index contributed by atoms with van der Waals surface area (Å²) in [6, 6.07) is 6.84. The summed E-state index contributed by atoms with van der Waals surface area (Å²) in [5, 5.41) is 0.532. The average molecular weight is 398 g/mol. The number of cyclic esters (lactones) is 1. The summed E-state index contributed by atoms with van der Waals surface area (Å²) in [6.07, 6.45) is 2.64. The van der Waals surface area contributed by atoms with E-state index in [2.05, 4.69) is 0 Å². The molecule has 2 aliphatic heterocycles. The van der Waals surface area contributed by atoms with Crippen LogP contribution in [0.15, 0.2) is 24.3 Å². The van der Waals surface area contributed by atoms with Crippen LogP contribution in [0, 0.1) is 5.92 Å². The van der Waals surface area contributed by atoms with Crippen LogP contribution in [0.2, 0.25) is 5.02 Å². The Hall–Kier alpha value is -1.73. The molecule has 6 nitrogen and oxygen atoms in total. The van der Waals surface area contributed by atoms with Gasteiger partial charge >= 0.3 is 11.9 Å². The van der Waals surface area contributed by atoms with E-state index in [0.29, 0.717) is 30.9 Å². The molecule has 0 spiro atoms. The number of carbonyl (C=O) groups is 3. The molecule has 26 heavy (non-hydrogen) atoms. The van der Waals surface area contributed by atoms with Crippen LogP contribution in [-0.2, 0) is 23.9 Å². The zero-order chi connectivity index (χ0) is 18.7. The van der Waals surface area contributed by atoms with Gasteiger partial charge in [0, 0.05) is 24.1 Å². The van der Waals surface area contributed by atoms with Crippen LogP contribution < -0.4 is 0 Å². The Balaban J connectivity index is 1.65. The fraction of sp³-hybridized carbons (Fsp3) is 0.500. The van der Waals surface area contributed by atoms with Gasteiger partial charge in [0.25, 0.3) is 5.91 Å². The zero-order valence-corrected chi connectivity index (χ0v) is 15.9. The van der Waals surface area contributed by atoms with E-state index in [4.69, 9.17) is 21.1 Å². The van der Waals surface area contributed by atoms with Crippen LogP contribution in [0.3, 0.4) is 0 Å². The molecular formula is C18H20ClNO5S. The smallest absolute Gasteiger partial charge is 0.306 e. The van der Waals surface area contributed by atoms with Gasteiger partial charge in [-0.15, -0.1) is 0 Å². The molecule has 1 aromatic rings. The van der Waals surface area contributed by atoms with Crippen molar-refractivity contribution < 1.29 is 23.9 Å². The minimum absolute atomic E-state index is 0.0274. The minimum atomic E-state index is -0.862. The molecular weight excluding hydrogens is 378 g/mol. The van der Waals surface area contributed by atoms with Gasteiger partial charge in [0.05, 0.1) is 6.61 Å². The second kappa shape index (κ2) is 8.31. The van der Waals surface area contributed by atoms with E-state index < -0.39 is 18.1 Å². The van der Waals surface area contributed by atoms with Crippen LogP contribution in [-0.4, -0.2) is 41.1 Å². The normalized spacial score (nSPS) is 25.9. The summed E-state index contributed by atoms with van der Waals surface area (Å²) in [5.41, 5.74) is 0.759. The van der Waals surface area contributed by atoms with Crippen LogP contribution in [0.1, 0.15) is 37.3 Å². The predicted molar refractivity (Wildman–Crippen MR) is 97.4 cm³/mol. The van der Waals surface area contributed by atoms with Crippen molar-refractivity contribution in [3.8, 4) is 0 Å². The molecule has 2 heterocycles. The Morgan fingerprint density at radius 2 is 2.12 bits per heavy atom. The highest BCUT2D eigenvalue weighted by Crippen LogP contribution is 2.43. The third-order valence-electron chi connectivity index (χ3n) is 4.68. The molecule has 0 aromatic heterocycles. The number of amides is 1. The molecule has 2 saturated heterocycles. The van der Waals surface area contributed by atoms with Gasteiger partial charge < -0.3 is 9.47 Å². The third-order valence-corrected chi connectivity index (χ3v) is 5.82. The Bertz CT molecular complexity index is 713. The van der Waals surface area contributed by atoms with Gasteiger partial charge in [0.15, 0.2) is 0 Å². The number of halogens is 1. The lowest BCUT2D eigenvalue weighted by Gasteiger charge is -2.44. The van der Waals surface area contributed by atoms with Gasteiger partial charge in [-0.05, 0) is 30.4 Å². The van der Waals surface area contributed by atoms with Crippen LogP contribution >= 0.6 is 23.5 Å². The molecule has 0 saturated carbocycles. The standard InChI is InChI=1S/C18H20ClNO5S/c1-26-20-16(12-4-2-3-5-13(12)19)17(18(20)23)25-15(22)10-11-6-7-14(21)24-9-8-11/h2-5,11,16-17H,6-10H2,1H3. The molecule has 0 N–H and O–H groups in total. The van der Waals surface area contributed by atoms with Crippen molar-refractivity contribution >= 4 is 41.4 Å². The molecule has 0 aliphatic carbocycles. The predicted octanol–water partition coefficient (Wildman–Crippen LogP) is 3.15. The summed E-state index contributed by atoms with van der Waals surface area (Å²) in [4.78, 5) is 36.0. The number of carbonyl (C=O) groups excluding carboxylic acids is 3. The average Bonchev–Trinajstić information content (AvgIpc) is 2.82. The van der Waals surface area contributed by atoms with Gasteiger partial charge in [-0.3, -0.25) is 18.7 Å². The topological polar surface area (TPSA) is 72.9 Å². The summed E-state index contributed by atoms with van der Waals surface area (Å²) >= 11 is 7.54. The van der Waals surface area contributed by atoms with E-state index in [9.17, 15) is 14.4 Å². The highest BCUT2D eigenvalue weighted by atomic mass is 35.5. The summed E-state index contributed by atoms with van der Waals surface area (Å²) in [6.45, 7) is 0.321. The van der Waals surface area contributed by atoms with Gasteiger partial charge in [0.2, 0.25) is 6.10 Å². The van der Waals surface area contributed by atoms with Crippen molar-refractivity contribution in [3.05, 3.63) is 34.9 Å². The van der Waals surface area contributed by atoms with E-state index in [-0.39, 0.29) is 24.2 Å². The van der Waals surface area contributed by atoms with Crippen LogP contribution in [0.5, 0.6) is 0 Å². The molecule has 2 fully saturated rings. The largest absolute Gasteiger partial charge is 0.466 e. The van der Waals surface area contributed by atoms with E-state index in [1.54, 1.807) is 16.6 Å². The summed E-state index contributed by atoms with van der Waals surface area (Å²) in [5.74, 6) is -0.875. The summed E-state index contributed by atoms with van der Waals surface area (Å²) in [7, 11) is 0. The Morgan fingerprint density at radius 3 is 2.85 bits per heavy atom. The number of hydrogen-bond acceptors (Lipinski definition) is 6. The number of β-lactam (4-membered cyclic amide) rings is 1. The van der Waals surface area contributed by atoms with Gasteiger partial charge in [-0.2, -0.15) is 0 Å². The van der Waals surface area contributed by atoms with Crippen molar-refractivity contribution in [2.24, 2.45) is 5.92 Å². The van der Waals surface area contributed by atoms with Crippen LogP contribution in [0.25, 0.3) is 0 Å². The number of benzene rings is 1. The monoisotopic (exact) mass is 397 g/mol. The first kappa shape index (κ1) is 19.0. The van der Waals surface area contributed by atoms with Gasteiger partial charge in [-0.25, -0.2) is 0 Å². The van der Waals surface area contributed by atoms with Crippen molar-refractivity contribution in [1.82, 2.24) is 4.31 Å². The zero-order valence-electron chi connectivity index (χ0n) is 14.4. The lowest BCUT2D eigenvalue weighted by molar-refractivity contribution is -0.175. The van der Waals surface area contributed by atoms with Crippen molar-refractivity contribution in [2.45, 2.75) is 37.8 Å². The van der Waals surface area contributed by atoms with Crippen molar-refractivity contribution in [1.29, 1.82) is 0 Å². The molecule has 1 amide bonds. The number of rotatable bonds is 5. The number of hydrogen-bond donors (Lipinski definition) is 0. The first-order valence-electron chi connectivity index (χ1n) is 8.48. The fourth-order valence-electron chi connectivity index (χ4n) is 3.27. The molecule has 0 bridgehead atoms. The maximum Gasteiger partial charge on any atom is 0.306 e. The van der Waals surface area contributed by atoms with E-state index in [0.717, 1.165) is 5.56 Å². The van der Waals surface area contributed by atoms with Crippen molar-refractivity contribution in [3.63, 3.8) is 0 Å². The fourth-order valence-corrected chi connectivity index (χ4v) is 4.25. The molecule has 1 aromatic carbocycles. The van der Waals surface area contributed by atoms with Crippen LogP contribution in [0.4, 0.5) is 0 Å². The maximum absolute atomic E-state index is 12.4. The first-order valence-corrected chi connectivity index (χ1v) is 10.0. The Morgan fingerprint density at radius 1 is 1.35 bits per heavy atom. The maximum atomic E-state index is 12.4. The quantitative estimate of drug-likeness (QED) is 0.431. The highest BCUT2D eigenvalue weighted by molar-refractivity contribution is 7.96.